The number of hydrogen-bond donors (Lipinski definition) is 2. The van der Waals surface area contributed by atoms with E-state index in [1.165, 1.54) is 0 Å². The second-order valence-corrected chi connectivity index (χ2v) is 6.10. The fourth-order valence-corrected chi connectivity index (χ4v) is 2.61. The van der Waals surface area contributed by atoms with Crippen LogP contribution in [0.3, 0.4) is 0 Å². The number of alkyl halides is 3. The van der Waals surface area contributed by atoms with Gasteiger partial charge in [-0.1, -0.05) is 42.5 Å². The SMILES string of the molecule is COc1ccc(CCNCC[C@@H](NCc2ccccc2)C(F)(F)F)cc1. The number of benzene rings is 2. The minimum atomic E-state index is -4.26. The minimum absolute atomic E-state index is 0.00105. The monoisotopic (exact) mass is 366 g/mol. The summed E-state index contributed by atoms with van der Waals surface area (Å²) in [6, 6.07) is 15.3. The van der Waals surface area contributed by atoms with E-state index in [2.05, 4.69) is 10.6 Å². The molecule has 0 unspecified atom stereocenters. The molecule has 0 fully saturated rings. The van der Waals surface area contributed by atoms with Gasteiger partial charge in [0, 0.05) is 6.54 Å². The van der Waals surface area contributed by atoms with Gasteiger partial charge in [-0.2, -0.15) is 13.2 Å². The quantitative estimate of drug-likeness (QED) is 0.625. The van der Waals surface area contributed by atoms with Crippen molar-refractivity contribution in [2.45, 2.75) is 31.6 Å². The number of methoxy groups -OCH3 is 1. The molecule has 3 nitrogen and oxygen atoms in total. The minimum Gasteiger partial charge on any atom is -0.497 e. The maximum atomic E-state index is 13.2. The molecule has 0 aliphatic heterocycles. The average Bonchev–Trinajstić information content (AvgIpc) is 2.64. The van der Waals surface area contributed by atoms with Crippen molar-refractivity contribution in [3.63, 3.8) is 0 Å². The van der Waals surface area contributed by atoms with E-state index >= 15 is 0 Å². The lowest BCUT2D eigenvalue weighted by molar-refractivity contribution is -0.157. The highest BCUT2D eigenvalue weighted by atomic mass is 19.4. The van der Waals surface area contributed by atoms with Gasteiger partial charge in [-0.25, -0.2) is 0 Å². The van der Waals surface area contributed by atoms with Crippen molar-refractivity contribution in [3.05, 3.63) is 65.7 Å². The molecule has 0 bridgehead atoms. The Bertz CT molecular complexity index is 630. The highest BCUT2D eigenvalue weighted by Gasteiger charge is 2.38. The number of ether oxygens (including phenoxy) is 1. The third-order valence-corrected chi connectivity index (χ3v) is 4.15. The number of halogens is 3. The Hall–Kier alpha value is -2.05. The third-order valence-electron chi connectivity index (χ3n) is 4.15. The lowest BCUT2D eigenvalue weighted by atomic mass is 10.1. The molecule has 0 amide bonds. The summed E-state index contributed by atoms with van der Waals surface area (Å²) in [5.41, 5.74) is 1.96. The second-order valence-electron chi connectivity index (χ2n) is 6.10. The summed E-state index contributed by atoms with van der Waals surface area (Å²) in [7, 11) is 1.61. The first-order valence-corrected chi connectivity index (χ1v) is 8.66. The fourth-order valence-electron chi connectivity index (χ4n) is 2.61. The summed E-state index contributed by atoms with van der Waals surface area (Å²) in [5.74, 6) is 0.791. The van der Waals surface area contributed by atoms with Crippen LogP contribution in [0, 0.1) is 0 Å². The zero-order valence-corrected chi connectivity index (χ0v) is 14.9. The summed E-state index contributed by atoms with van der Waals surface area (Å²) in [6.45, 7) is 1.15. The van der Waals surface area contributed by atoms with Crippen LogP contribution >= 0.6 is 0 Å². The van der Waals surface area contributed by atoms with Crippen LogP contribution in [0.15, 0.2) is 54.6 Å². The van der Waals surface area contributed by atoms with Crippen molar-refractivity contribution < 1.29 is 17.9 Å². The molecule has 26 heavy (non-hydrogen) atoms. The van der Waals surface area contributed by atoms with E-state index in [1.807, 2.05) is 54.6 Å². The van der Waals surface area contributed by atoms with E-state index < -0.39 is 12.2 Å². The molecule has 0 radical (unpaired) electrons. The molecule has 0 aliphatic carbocycles. The molecular weight excluding hydrogens is 341 g/mol. The smallest absolute Gasteiger partial charge is 0.403 e. The van der Waals surface area contributed by atoms with Crippen molar-refractivity contribution in [3.8, 4) is 5.75 Å². The van der Waals surface area contributed by atoms with E-state index in [9.17, 15) is 13.2 Å². The predicted octanol–water partition coefficient (Wildman–Crippen LogP) is 3.94. The van der Waals surface area contributed by atoms with Crippen LogP contribution in [0.1, 0.15) is 17.5 Å². The molecule has 2 rings (SSSR count). The molecule has 1 atom stereocenters. The van der Waals surface area contributed by atoms with Gasteiger partial charge >= 0.3 is 6.18 Å². The van der Waals surface area contributed by atoms with Gasteiger partial charge < -0.3 is 15.4 Å². The topological polar surface area (TPSA) is 33.3 Å². The van der Waals surface area contributed by atoms with E-state index in [-0.39, 0.29) is 13.0 Å². The first kappa shape index (κ1) is 20.3. The largest absolute Gasteiger partial charge is 0.497 e. The molecule has 0 heterocycles. The molecular formula is C20H25F3N2O. The van der Waals surface area contributed by atoms with Gasteiger partial charge in [0.2, 0.25) is 0 Å². The van der Waals surface area contributed by atoms with E-state index in [1.54, 1.807) is 7.11 Å². The van der Waals surface area contributed by atoms with Gasteiger partial charge in [-0.15, -0.1) is 0 Å². The predicted molar refractivity (Wildman–Crippen MR) is 97.3 cm³/mol. The summed E-state index contributed by atoms with van der Waals surface area (Å²) in [5, 5.41) is 5.71. The Kier molecular flexibility index (Phi) is 7.94. The number of hydrogen-bond acceptors (Lipinski definition) is 3. The summed E-state index contributed by atoms with van der Waals surface area (Å²) in [4.78, 5) is 0. The zero-order chi connectivity index (χ0) is 18.8. The van der Waals surface area contributed by atoms with Gasteiger partial charge in [0.05, 0.1) is 7.11 Å². The van der Waals surface area contributed by atoms with Crippen molar-refractivity contribution >= 4 is 0 Å². The maximum absolute atomic E-state index is 13.2. The summed E-state index contributed by atoms with van der Waals surface area (Å²) in [6.07, 6.45) is -3.50. The Labute approximate surface area is 152 Å². The molecule has 6 heteroatoms. The molecule has 142 valence electrons. The van der Waals surface area contributed by atoms with Crippen LogP contribution < -0.4 is 15.4 Å². The van der Waals surface area contributed by atoms with Crippen molar-refractivity contribution in [1.82, 2.24) is 10.6 Å². The lowest BCUT2D eigenvalue weighted by Crippen LogP contribution is -2.43. The van der Waals surface area contributed by atoms with E-state index in [0.717, 1.165) is 23.3 Å². The number of nitrogens with one attached hydrogen (secondary N) is 2. The average molecular weight is 366 g/mol. The number of rotatable bonds is 10. The standard InChI is InChI=1S/C20H25F3N2O/c1-26-18-9-7-16(8-10-18)11-13-24-14-12-19(20(21,22)23)25-15-17-5-3-2-4-6-17/h2-10,19,24-25H,11-15H2,1H3/t19-/m1/s1. The zero-order valence-electron chi connectivity index (χ0n) is 14.9. The Morgan fingerprint density at radius 1 is 0.923 bits per heavy atom. The van der Waals surface area contributed by atoms with Gasteiger partial charge in [0.15, 0.2) is 0 Å². The first-order chi connectivity index (χ1) is 12.5. The van der Waals surface area contributed by atoms with Crippen LogP contribution in [0.5, 0.6) is 5.75 Å². The van der Waals surface area contributed by atoms with Gasteiger partial charge in [-0.3, -0.25) is 0 Å². The highest BCUT2D eigenvalue weighted by molar-refractivity contribution is 5.27. The van der Waals surface area contributed by atoms with Crippen molar-refractivity contribution in [1.29, 1.82) is 0 Å². The summed E-state index contributed by atoms with van der Waals surface area (Å²) < 4.78 is 44.6. The van der Waals surface area contributed by atoms with Gasteiger partial charge in [0.1, 0.15) is 11.8 Å². The molecule has 2 aromatic carbocycles. The van der Waals surface area contributed by atoms with Crippen LogP contribution in [0.4, 0.5) is 13.2 Å². The Morgan fingerprint density at radius 3 is 2.23 bits per heavy atom. The van der Waals surface area contributed by atoms with Crippen LogP contribution in [0.25, 0.3) is 0 Å². The van der Waals surface area contributed by atoms with Crippen LogP contribution in [0.2, 0.25) is 0 Å². The molecule has 0 aliphatic rings. The normalized spacial score (nSPS) is 12.8. The molecule has 0 saturated heterocycles. The summed E-state index contributed by atoms with van der Waals surface area (Å²) >= 11 is 0. The third kappa shape index (κ3) is 7.06. The molecule has 0 aromatic heterocycles. The van der Waals surface area contributed by atoms with Crippen LogP contribution in [-0.4, -0.2) is 32.4 Å². The Balaban J connectivity index is 1.71. The van der Waals surface area contributed by atoms with E-state index in [4.69, 9.17) is 4.74 Å². The van der Waals surface area contributed by atoms with Gasteiger partial charge in [0.25, 0.3) is 0 Å². The van der Waals surface area contributed by atoms with Crippen molar-refractivity contribution in [2.24, 2.45) is 0 Å². The molecule has 2 aromatic rings. The highest BCUT2D eigenvalue weighted by Crippen LogP contribution is 2.22. The van der Waals surface area contributed by atoms with Crippen LogP contribution in [-0.2, 0) is 13.0 Å². The lowest BCUT2D eigenvalue weighted by Gasteiger charge is -2.22. The molecule has 0 spiro atoms. The maximum Gasteiger partial charge on any atom is 0.403 e. The molecule has 0 saturated carbocycles. The Morgan fingerprint density at radius 2 is 1.62 bits per heavy atom. The van der Waals surface area contributed by atoms with Crippen molar-refractivity contribution in [2.75, 3.05) is 20.2 Å². The second kappa shape index (κ2) is 10.2. The molecule has 2 N–H and O–H groups in total. The van der Waals surface area contributed by atoms with Gasteiger partial charge in [-0.05, 0) is 49.2 Å². The van der Waals surface area contributed by atoms with E-state index in [0.29, 0.717) is 13.1 Å². The fraction of sp³-hybridized carbons (Fsp3) is 0.400. The first-order valence-electron chi connectivity index (χ1n) is 8.66.